The van der Waals surface area contributed by atoms with Crippen molar-refractivity contribution in [3.05, 3.63) is 0 Å². The standard InChI is InChI=1S/C22H38BrNO3/c1-15(2)19-14-22(11-13-26-19,17-6-4-16(3)5-7-17)10-12-24-21(25)18-8-9-20(23)27-18/h15-20H,4-14H2,1-3H3,(H,24,25). The maximum Gasteiger partial charge on any atom is 0.249 e. The van der Waals surface area contributed by atoms with Crippen LogP contribution < -0.4 is 5.32 Å². The molecule has 0 bridgehead atoms. The van der Waals surface area contributed by atoms with Crippen LogP contribution in [-0.2, 0) is 14.3 Å². The highest BCUT2D eigenvalue weighted by atomic mass is 79.9. The lowest BCUT2D eigenvalue weighted by atomic mass is 9.60. The fourth-order valence-corrected chi connectivity index (χ4v) is 5.94. The van der Waals surface area contributed by atoms with Gasteiger partial charge in [0.1, 0.15) is 11.1 Å². The summed E-state index contributed by atoms with van der Waals surface area (Å²) in [6.45, 7) is 8.59. The molecule has 27 heavy (non-hydrogen) atoms. The Kier molecular flexibility index (Phi) is 7.65. The van der Waals surface area contributed by atoms with Crippen molar-refractivity contribution >= 4 is 21.8 Å². The highest BCUT2D eigenvalue weighted by Crippen LogP contribution is 2.50. The van der Waals surface area contributed by atoms with Crippen LogP contribution in [0.4, 0.5) is 0 Å². The van der Waals surface area contributed by atoms with Crippen LogP contribution in [0.15, 0.2) is 0 Å². The first-order valence-electron chi connectivity index (χ1n) is 11.1. The van der Waals surface area contributed by atoms with Crippen molar-refractivity contribution in [2.45, 2.75) is 95.8 Å². The molecule has 1 aliphatic carbocycles. The van der Waals surface area contributed by atoms with E-state index >= 15 is 0 Å². The quantitative estimate of drug-likeness (QED) is 0.584. The van der Waals surface area contributed by atoms with E-state index in [1.165, 1.54) is 25.7 Å². The van der Waals surface area contributed by atoms with Crippen LogP contribution in [0.2, 0.25) is 0 Å². The van der Waals surface area contributed by atoms with Crippen LogP contribution >= 0.6 is 15.9 Å². The molecule has 4 unspecified atom stereocenters. The Morgan fingerprint density at radius 1 is 1.19 bits per heavy atom. The van der Waals surface area contributed by atoms with Crippen LogP contribution in [0.1, 0.15) is 78.6 Å². The van der Waals surface area contributed by atoms with E-state index < -0.39 is 0 Å². The summed E-state index contributed by atoms with van der Waals surface area (Å²) < 4.78 is 11.8. The Morgan fingerprint density at radius 2 is 1.93 bits per heavy atom. The molecule has 5 heteroatoms. The molecule has 3 fully saturated rings. The second-order valence-electron chi connectivity index (χ2n) is 9.58. The number of carbonyl (C=O) groups excluding carboxylic acids is 1. The van der Waals surface area contributed by atoms with Crippen LogP contribution in [0.3, 0.4) is 0 Å². The summed E-state index contributed by atoms with van der Waals surface area (Å²) in [5.74, 6) is 2.28. The van der Waals surface area contributed by atoms with Crippen LogP contribution in [0.5, 0.6) is 0 Å². The minimum atomic E-state index is -0.279. The van der Waals surface area contributed by atoms with Crippen molar-refractivity contribution in [1.82, 2.24) is 5.32 Å². The molecule has 0 spiro atoms. The first-order chi connectivity index (χ1) is 12.9. The normalized spacial score (nSPS) is 40.3. The molecule has 4 nitrogen and oxygen atoms in total. The van der Waals surface area contributed by atoms with E-state index in [0.717, 1.165) is 57.1 Å². The van der Waals surface area contributed by atoms with Crippen molar-refractivity contribution in [1.29, 1.82) is 0 Å². The minimum absolute atomic E-state index is 0.0334. The second-order valence-corrected chi connectivity index (χ2v) is 10.6. The Morgan fingerprint density at radius 3 is 2.56 bits per heavy atom. The number of hydrogen-bond donors (Lipinski definition) is 1. The Hall–Kier alpha value is -0.130. The molecule has 2 heterocycles. The molecule has 1 amide bonds. The molecule has 4 atom stereocenters. The van der Waals surface area contributed by atoms with Gasteiger partial charge in [-0.3, -0.25) is 4.79 Å². The van der Waals surface area contributed by atoms with Gasteiger partial charge in [0.05, 0.1) is 6.10 Å². The minimum Gasteiger partial charge on any atom is -0.378 e. The maximum atomic E-state index is 12.4. The van der Waals surface area contributed by atoms with Crippen molar-refractivity contribution in [3.8, 4) is 0 Å². The van der Waals surface area contributed by atoms with Crippen molar-refractivity contribution in [2.24, 2.45) is 23.2 Å². The third kappa shape index (κ3) is 5.48. The van der Waals surface area contributed by atoms with Gasteiger partial charge < -0.3 is 14.8 Å². The monoisotopic (exact) mass is 443 g/mol. The zero-order chi connectivity index (χ0) is 19.4. The van der Waals surface area contributed by atoms with Gasteiger partial charge in [0, 0.05) is 13.2 Å². The van der Waals surface area contributed by atoms with E-state index in [4.69, 9.17) is 9.47 Å². The number of rotatable bonds is 6. The smallest absolute Gasteiger partial charge is 0.249 e. The molecule has 1 saturated carbocycles. The first kappa shape index (κ1) is 21.6. The second kappa shape index (κ2) is 9.58. The summed E-state index contributed by atoms with van der Waals surface area (Å²) in [5.41, 5.74) is 0.328. The fraction of sp³-hybridized carbons (Fsp3) is 0.955. The molecule has 156 valence electrons. The maximum absolute atomic E-state index is 12.4. The van der Waals surface area contributed by atoms with Crippen molar-refractivity contribution in [2.75, 3.05) is 13.2 Å². The van der Waals surface area contributed by atoms with Crippen LogP contribution in [0.25, 0.3) is 0 Å². The van der Waals surface area contributed by atoms with Gasteiger partial charge in [-0.15, -0.1) is 0 Å². The van der Waals surface area contributed by atoms with E-state index in [-0.39, 0.29) is 17.0 Å². The van der Waals surface area contributed by atoms with Gasteiger partial charge in [-0.2, -0.15) is 0 Å². The summed E-state index contributed by atoms with van der Waals surface area (Å²) in [5, 5.41) is 3.22. The third-order valence-corrected chi connectivity index (χ3v) is 8.02. The van der Waals surface area contributed by atoms with Gasteiger partial charge in [-0.25, -0.2) is 0 Å². The van der Waals surface area contributed by atoms with Crippen molar-refractivity contribution < 1.29 is 14.3 Å². The average Bonchev–Trinajstić information content (AvgIpc) is 3.09. The van der Waals surface area contributed by atoms with Crippen LogP contribution in [0, 0.1) is 23.2 Å². The molecule has 2 aliphatic heterocycles. The van der Waals surface area contributed by atoms with Gasteiger partial charge in [0.2, 0.25) is 5.91 Å². The lowest BCUT2D eigenvalue weighted by Gasteiger charge is -2.49. The molecule has 0 radical (unpaired) electrons. The van der Waals surface area contributed by atoms with Crippen LogP contribution in [-0.4, -0.2) is 36.3 Å². The Balaban J connectivity index is 1.60. The molecule has 3 rings (SSSR count). The molecule has 0 aromatic rings. The van der Waals surface area contributed by atoms with Crippen molar-refractivity contribution in [3.63, 3.8) is 0 Å². The average molecular weight is 444 g/mol. The third-order valence-electron chi connectivity index (χ3n) is 7.35. The lowest BCUT2D eigenvalue weighted by molar-refractivity contribution is -0.131. The summed E-state index contributed by atoms with van der Waals surface area (Å²) in [6, 6.07) is 0. The highest BCUT2D eigenvalue weighted by molar-refractivity contribution is 9.09. The summed E-state index contributed by atoms with van der Waals surface area (Å²) >= 11 is 3.45. The molecule has 3 aliphatic rings. The zero-order valence-electron chi connectivity index (χ0n) is 17.3. The summed E-state index contributed by atoms with van der Waals surface area (Å²) in [6.07, 6.45) is 10.6. The number of nitrogens with one attached hydrogen (secondary N) is 1. The number of hydrogen-bond acceptors (Lipinski definition) is 3. The molecular formula is C22H38BrNO3. The number of halogens is 1. The number of alkyl halides is 1. The molecule has 0 aromatic heterocycles. The largest absolute Gasteiger partial charge is 0.378 e. The molecular weight excluding hydrogens is 406 g/mol. The molecule has 1 N–H and O–H groups in total. The highest BCUT2D eigenvalue weighted by Gasteiger charge is 2.44. The molecule has 2 saturated heterocycles. The number of ether oxygens (including phenoxy) is 2. The topological polar surface area (TPSA) is 47.6 Å². The lowest BCUT2D eigenvalue weighted by Crippen LogP contribution is -2.46. The van der Waals surface area contributed by atoms with E-state index in [2.05, 4.69) is 42.0 Å². The number of carbonyl (C=O) groups is 1. The van der Waals surface area contributed by atoms with Gasteiger partial charge in [0.15, 0.2) is 0 Å². The SMILES string of the molecule is CC1CCC(C2(CCNC(=O)C3CCC(Br)O3)CCOC(C(C)C)C2)CC1. The zero-order valence-corrected chi connectivity index (χ0v) is 18.9. The van der Waals surface area contributed by atoms with Gasteiger partial charge in [0.25, 0.3) is 0 Å². The van der Waals surface area contributed by atoms with E-state index in [0.29, 0.717) is 17.4 Å². The summed E-state index contributed by atoms with van der Waals surface area (Å²) in [4.78, 5) is 12.4. The van der Waals surface area contributed by atoms with E-state index in [9.17, 15) is 4.79 Å². The number of amides is 1. The predicted molar refractivity (Wildman–Crippen MR) is 112 cm³/mol. The van der Waals surface area contributed by atoms with Gasteiger partial charge >= 0.3 is 0 Å². The Bertz CT molecular complexity index is 492. The Labute approximate surface area is 173 Å². The van der Waals surface area contributed by atoms with E-state index in [1.54, 1.807) is 0 Å². The predicted octanol–water partition coefficient (Wildman–Crippen LogP) is 5.04. The van der Waals surface area contributed by atoms with Gasteiger partial charge in [-0.1, -0.05) is 49.5 Å². The molecule has 0 aromatic carbocycles. The summed E-state index contributed by atoms with van der Waals surface area (Å²) in [7, 11) is 0. The van der Waals surface area contributed by atoms with E-state index in [1.807, 2.05) is 0 Å². The first-order valence-corrected chi connectivity index (χ1v) is 12.0. The fourth-order valence-electron chi connectivity index (χ4n) is 5.42. The van der Waals surface area contributed by atoms with Gasteiger partial charge in [-0.05, 0) is 68.1 Å².